The van der Waals surface area contributed by atoms with E-state index in [0.717, 1.165) is 37.5 Å². The number of nitrogens with one attached hydrogen (secondary N) is 1. The fourth-order valence-corrected chi connectivity index (χ4v) is 3.35. The van der Waals surface area contributed by atoms with Crippen LogP contribution in [0.3, 0.4) is 0 Å². The molecule has 2 aliphatic carbocycles. The molecule has 2 saturated carbocycles. The van der Waals surface area contributed by atoms with Crippen LogP contribution in [0.5, 0.6) is 0 Å². The summed E-state index contributed by atoms with van der Waals surface area (Å²) in [5.74, 6) is 3.02. The normalized spacial score (nSPS) is 35.2. The molecule has 0 heterocycles. The van der Waals surface area contributed by atoms with Gasteiger partial charge in [-0.25, -0.2) is 0 Å². The van der Waals surface area contributed by atoms with Gasteiger partial charge >= 0.3 is 0 Å². The third kappa shape index (κ3) is 2.54. The second kappa shape index (κ2) is 5.31. The van der Waals surface area contributed by atoms with Gasteiger partial charge in [0.1, 0.15) is 0 Å². The summed E-state index contributed by atoms with van der Waals surface area (Å²) in [4.78, 5) is 0. The van der Waals surface area contributed by atoms with E-state index in [-0.39, 0.29) is 0 Å². The average Bonchev–Trinajstić information content (AvgIpc) is 2.73. The lowest BCUT2D eigenvalue weighted by atomic mass is 10.0. The van der Waals surface area contributed by atoms with Gasteiger partial charge < -0.3 is 10.1 Å². The molecule has 0 aromatic heterocycles. The van der Waals surface area contributed by atoms with Crippen LogP contribution in [-0.4, -0.2) is 25.8 Å². The van der Waals surface area contributed by atoms with E-state index in [0.29, 0.717) is 6.04 Å². The van der Waals surface area contributed by atoms with Crippen molar-refractivity contribution >= 4 is 0 Å². The first-order valence-electron chi connectivity index (χ1n) is 6.69. The van der Waals surface area contributed by atoms with Crippen LogP contribution >= 0.6 is 0 Å². The molecular weight excluding hydrogens is 186 g/mol. The third-order valence-electron chi connectivity index (χ3n) is 4.10. The van der Waals surface area contributed by atoms with Crippen LogP contribution in [0.2, 0.25) is 0 Å². The van der Waals surface area contributed by atoms with Crippen LogP contribution in [0.1, 0.15) is 39.5 Å². The number of hydrogen-bond acceptors (Lipinski definition) is 2. The maximum Gasteiger partial charge on any atom is 0.0622 e. The Labute approximate surface area is 93.8 Å². The zero-order valence-electron chi connectivity index (χ0n) is 10.2. The fraction of sp³-hybridized carbons (Fsp3) is 1.00. The Kier molecular flexibility index (Phi) is 4.04. The highest BCUT2D eigenvalue weighted by Gasteiger charge is 2.55. The first-order chi connectivity index (χ1) is 7.38. The van der Waals surface area contributed by atoms with E-state index in [1.165, 1.54) is 25.7 Å². The highest BCUT2D eigenvalue weighted by Crippen LogP contribution is 2.58. The summed E-state index contributed by atoms with van der Waals surface area (Å²) in [7, 11) is 0. The van der Waals surface area contributed by atoms with Gasteiger partial charge in [-0.1, -0.05) is 13.3 Å². The Morgan fingerprint density at radius 1 is 1.27 bits per heavy atom. The van der Waals surface area contributed by atoms with E-state index in [1.54, 1.807) is 0 Å². The highest BCUT2D eigenvalue weighted by atomic mass is 16.5. The van der Waals surface area contributed by atoms with E-state index < -0.39 is 0 Å². The van der Waals surface area contributed by atoms with Crippen molar-refractivity contribution < 1.29 is 4.74 Å². The molecule has 2 aliphatic rings. The lowest BCUT2D eigenvalue weighted by Crippen LogP contribution is -2.37. The van der Waals surface area contributed by atoms with Gasteiger partial charge in [-0.15, -0.1) is 0 Å². The van der Waals surface area contributed by atoms with Crippen molar-refractivity contribution in [1.82, 2.24) is 5.32 Å². The Morgan fingerprint density at radius 2 is 2.00 bits per heavy atom. The van der Waals surface area contributed by atoms with Crippen molar-refractivity contribution in [2.24, 2.45) is 17.8 Å². The summed E-state index contributed by atoms with van der Waals surface area (Å²) < 4.78 is 5.60. The topological polar surface area (TPSA) is 21.3 Å². The van der Waals surface area contributed by atoms with Crippen molar-refractivity contribution in [3.8, 4) is 0 Å². The van der Waals surface area contributed by atoms with Gasteiger partial charge in [0.25, 0.3) is 0 Å². The molecular formula is C13H25NO. The molecule has 2 fully saturated rings. The smallest absolute Gasteiger partial charge is 0.0622 e. The van der Waals surface area contributed by atoms with Crippen LogP contribution in [0, 0.1) is 17.8 Å². The molecule has 0 saturated heterocycles. The SMILES string of the molecule is CCCNC(COCC)C1C2CCCC21. The summed E-state index contributed by atoms with van der Waals surface area (Å²) in [6.07, 6.45) is 5.66. The monoisotopic (exact) mass is 211 g/mol. The molecule has 2 rings (SSSR count). The molecule has 1 N–H and O–H groups in total. The maximum atomic E-state index is 5.60. The molecule has 2 nitrogen and oxygen atoms in total. The van der Waals surface area contributed by atoms with Crippen LogP contribution in [0.15, 0.2) is 0 Å². The summed E-state index contributed by atoms with van der Waals surface area (Å²) in [5, 5.41) is 3.67. The van der Waals surface area contributed by atoms with Crippen molar-refractivity contribution in [2.75, 3.05) is 19.8 Å². The Morgan fingerprint density at radius 3 is 2.60 bits per heavy atom. The standard InChI is InChI=1S/C13H25NO/c1-3-8-14-12(9-15-4-2)13-10-6-5-7-11(10)13/h10-14H,3-9H2,1-2H3. The van der Waals surface area contributed by atoms with Gasteiger partial charge in [0.2, 0.25) is 0 Å². The van der Waals surface area contributed by atoms with Crippen molar-refractivity contribution in [1.29, 1.82) is 0 Å². The molecule has 0 aromatic rings. The molecule has 0 aliphatic heterocycles. The molecule has 0 amide bonds. The van der Waals surface area contributed by atoms with Crippen molar-refractivity contribution in [3.05, 3.63) is 0 Å². The lowest BCUT2D eigenvalue weighted by molar-refractivity contribution is 0.111. The van der Waals surface area contributed by atoms with Gasteiger partial charge in [-0.2, -0.15) is 0 Å². The van der Waals surface area contributed by atoms with Gasteiger partial charge in [0.05, 0.1) is 6.61 Å². The highest BCUT2D eigenvalue weighted by molar-refractivity contribution is 5.06. The minimum atomic E-state index is 0.639. The molecule has 88 valence electrons. The maximum absolute atomic E-state index is 5.60. The van der Waals surface area contributed by atoms with Crippen molar-refractivity contribution in [2.45, 2.75) is 45.6 Å². The summed E-state index contributed by atoms with van der Waals surface area (Å²) in [6.45, 7) is 7.25. The summed E-state index contributed by atoms with van der Waals surface area (Å²) in [6, 6.07) is 0.639. The second-order valence-corrected chi connectivity index (χ2v) is 5.06. The lowest BCUT2D eigenvalue weighted by Gasteiger charge is -2.20. The largest absolute Gasteiger partial charge is 0.380 e. The molecule has 3 atom stereocenters. The Hall–Kier alpha value is -0.0800. The molecule has 0 spiro atoms. The van der Waals surface area contributed by atoms with Gasteiger partial charge in [-0.05, 0) is 50.5 Å². The van der Waals surface area contributed by atoms with E-state index in [2.05, 4.69) is 19.2 Å². The molecule has 2 heteroatoms. The predicted octanol–water partition coefficient (Wildman–Crippen LogP) is 2.44. The molecule has 0 aromatic carbocycles. The van der Waals surface area contributed by atoms with Crippen LogP contribution in [-0.2, 0) is 4.74 Å². The van der Waals surface area contributed by atoms with Gasteiger partial charge in [0, 0.05) is 12.6 Å². The van der Waals surface area contributed by atoms with Crippen LogP contribution in [0.25, 0.3) is 0 Å². The third-order valence-corrected chi connectivity index (χ3v) is 4.10. The van der Waals surface area contributed by atoms with E-state index in [1.807, 2.05) is 0 Å². The molecule has 0 bridgehead atoms. The number of rotatable bonds is 7. The number of hydrogen-bond donors (Lipinski definition) is 1. The zero-order valence-corrected chi connectivity index (χ0v) is 10.2. The van der Waals surface area contributed by atoms with E-state index in [4.69, 9.17) is 4.74 Å². The van der Waals surface area contributed by atoms with E-state index in [9.17, 15) is 0 Å². The summed E-state index contributed by atoms with van der Waals surface area (Å²) in [5.41, 5.74) is 0. The number of fused-ring (bicyclic) bond motifs is 1. The first kappa shape index (κ1) is 11.4. The predicted molar refractivity (Wildman–Crippen MR) is 62.9 cm³/mol. The Balaban J connectivity index is 1.77. The van der Waals surface area contributed by atoms with Gasteiger partial charge in [-0.3, -0.25) is 0 Å². The first-order valence-corrected chi connectivity index (χ1v) is 6.69. The second-order valence-electron chi connectivity index (χ2n) is 5.06. The fourth-order valence-electron chi connectivity index (χ4n) is 3.35. The average molecular weight is 211 g/mol. The zero-order chi connectivity index (χ0) is 10.7. The van der Waals surface area contributed by atoms with Crippen LogP contribution in [0.4, 0.5) is 0 Å². The molecule has 0 radical (unpaired) electrons. The summed E-state index contributed by atoms with van der Waals surface area (Å²) >= 11 is 0. The van der Waals surface area contributed by atoms with Crippen LogP contribution < -0.4 is 5.32 Å². The number of ether oxygens (including phenoxy) is 1. The minimum absolute atomic E-state index is 0.639. The quantitative estimate of drug-likeness (QED) is 0.698. The molecule has 15 heavy (non-hydrogen) atoms. The Bertz CT molecular complexity index is 177. The van der Waals surface area contributed by atoms with E-state index >= 15 is 0 Å². The minimum Gasteiger partial charge on any atom is -0.380 e. The van der Waals surface area contributed by atoms with Gasteiger partial charge in [0.15, 0.2) is 0 Å². The molecule has 3 unspecified atom stereocenters. The van der Waals surface area contributed by atoms with Crippen molar-refractivity contribution in [3.63, 3.8) is 0 Å².